The molecule has 0 aromatic heterocycles. The molecule has 0 aliphatic heterocycles. The second-order valence-corrected chi connectivity index (χ2v) is 4.64. The van der Waals surface area contributed by atoms with E-state index in [1.54, 1.807) is 24.3 Å². The Kier molecular flexibility index (Phi) is 5.55. The highest BCUT2D eigenvalue weighted by Gasteiger charge is 2.25. The summed E-state index contributed by atoms with van der Waals surface area (Å²) in [5.74, 6) is 0.434. The molecule has 0 bridgehead atoms. The van der Waals surface area contributed by atoms with Crippen molar-refractivity contribution in [3.8, 4) is 0 Å². The average molecular weight is 262 g/mol. The number of benzene rings is 1. The van der Waals surface area contributed by atoms with Crippen LogP contribution < -0.4 is 0 Å². The van der Waals surface area contributed by atoms with Gasteiger partial charge in [0, 0.05) is 17.7 Å². The second kappa shape index (κ2) is 6.69. The molecule has 0 aliphatic rings. The molecule has 0 heterocycles. The van der Waals surface area contributed by atoms with Crippen molar-refractivity contribution >= 4 is 16.9 Å². The summed E-state index contributed by atoms with van der Waals surface area (Å²) in [6, 6.07) is 8.73. The van der Waals surface area contributed by atoms with E-state index in [1.165, 1.54) is 0 Å². The second-order valence-electron chi connectivity index (χ2n) is 3.57. The molecule has 0 amide bonds. The monoisotopic (exact) mass is 262 g/mol. The van der Waals surface area contributed by atoms with Crippen LogP contribution in [-0.2, 0) is 0 Å². The molecule has 0 spiro atoms. The number of unbranched alkanes of at least 4 members (excludes halogenated alkanes) is 1. The number of carbonyl (C=O) groups excluding carboxylic acids is 1. The minimum Gasteiger partial charge on any atom is -0.282 e. The SMILES string of the molecule is O=C(SCCCCC(F)(F)F)c1ccccc1. The molecular weight excluding hydrogens is 249 g/mol. The van der Waals surface area contributed by atoms with Crippen molar-refractivity contribution in [3.05, 3.63) is 35.9 Å². The van der Waals surface area contributed by atoms with E-state index >= 15 is 0 Å². The standard InChI is InChI=1S/C12H13F3OS/c13-12(14,15)8-4-5-9-17-11(16)10-6-2-1-3-7-10/h1-3,6-7H,4-5,8-9H2. The van der Waals surface area contributed by atoms with Gasteiger partial charge >= 0.3 is 6.18 Å². The highest BCUT2D eigenvalue weighted by Crippen LogP contribution is 2.23. The summed E-state index contributed by atoms with van der Waals surface area (Å²) in [5, 5.41) is -0.0855. The van der Waals surface area contributed by atoms with Crippen LogP contribution >= 0.6 is 11.8 Å². The molecule has 1 rings (SSSR count). The first-order valence-corrected chi connectivity index (χ1v) is 6.26. The first kappa shape index (κ1) is 14.1. The van der Waals surface area contributed by atoms with Gasteiger partial charge in [-0.25, -0.2) is 0 Å². The topological polar surface area (TPSA) is 17.1 Å². The number of carbonyl (C=O) groups is 1. The largest absolute Gasteiger partial charge is 0.389 e. The van der Waals surface area contributed by atoms with Gasteiger partial charge in [-0.3, -0.25) is 4.79 Å². The highest BCUT2D eigenvalue weighted by atomic mass is 32.2. The quantitative estimate of drug-likeness (QED) is 0.736. The maximum Gasteiger partial charge on any atom is 0.389 e. The van der Waals surface area contributed by atoms with Crippen molar-refractivity contribution in [2.45, 2.75) is 25.4 Å². The van der Waals surface area contributed by atoms with Crippen molar-refractivity contribution in [1.29, 1.82) is 0 Å². The summed E-state index contributed by atoms with van der Waals surface area (Å²) >= 11 is 1.07. The van der Waals surface area contributed by atoms with Crippen molar-refractivity contribution < 1.29 is 18.0 Å². The third kappa shape index (κ3) is 6.36. The molecule has 0 atom stereocenters. The molecule has 1 aromatic carbocycles. The Hall–Kier alpha value is -0.970. The zero-order valence-corrected chi connectivity index (χ0v) is 9.98. The van der Waals surface area contributed by atoms with E-state index < -0.39 is 12.6 Å². The third-order valence-corrected chi connectivity index (χ3v) is 3.09. The van der Waals surface area contributed by atoms with Gasteiger partial charge in [0.1, 0.15) is 0 Å². The van der Waals surface area contributed by atoms with E-state index in [2.05, 4.69) is 0 Å². The minimum absolute atomic E-state index is 0.0819. The van der Waals surface area contributed by atoms with Gasteiger partial charge in [-0.15, -0.1) is 0 Å². The Bertz CT molecular complexity index is 349. The van der Waals surface area contributed by atoms with Crippen molar-refractivity contribution in [1.82, 2.24) is 0 Å². The van der Waals surface area contributed by atoms with Gasteiger partial charge < -0.3 is 0 Å². The fraction of sp³-hybridized carbons (Fsp3) is 0.417. The summed E-state index contributed by atoms with van der Waals surface area (Å²) in [4.78, 5) is 11.5. The molecule has 0 radical (unpaired) electrons. The fourth-order valence-corrected chi connectivity index (χ4v) is 2.09. The number of thioether (sulfide) groups is 1. The lowest BCUT2D eigenvalue weighted by Gasteiger charge is -2.05. The summed E-state index contributed by atoms with van der Waals surface area (Å²) in [5.41, 5.74) is 0.591. The van der Waals surface area contributed by atoms with Gasteiger partial charge in [0.2, 0.25) is 5.12 Å². The molecular formula is C12H13F3OS. The number of rotatable bonds is 5. The van der Waals surface area contributed by atoms with Crippen molar-refractivity contribution in [3.63, 3.8) is 0 Å². The zero-order chi connectivity index (χ0) is 12.7. The molecule has 94 valence electrons. The van der Waals surface area contributed by atoms with Gasteiger partial charge in [-0.2, -0.15) is 13.2 Å². The molecule has 0 saturated heterocycles. The average Bonchev–Trinajstić information content (AvgIpc) is 2.28. The predicted octanol–water partition coefficient (Wildman–Crippen LogP) is 4.29. The first-order chi connectivity index (χ1) is 7.99. The van der Waals surface area contributed by atoms with Crippen LogP contribution in [0.5, 0.6) is 0 Å². The number of hydrogen-bond acceptors (Lipinski definition) is 2. The van der Waals surface area contributed by atoms with Crippen molar-refractivity contribution in [2.24, 2.45) is 0 Å². The van der Waals surface area contributed by atoms with Crippen LogP contribution in [0.15, 0.2) is 30.3 Å². The van der Waals surface area contributed by atoms with Gasteiger partial charge in [-0.1, -0.05) is 42.1 Å². The molecule has 0 unspecified atom stereocenters. The van der Waals surface area contributed by atoms with Crippen LogP contribution in [0.3, 0.4) is 0 Å². The zero-order valence-electron chi connectivity index (χ0n) is 9.17. The lowest BCUT2D eigenvalue weighted by atomic mass is 10.2. The molecule has 0 saturated carbocycles. The Balaban J connectivity index is 2.18. The van der Waals surface area contributed by atoms with Crippen LogP contribution in [0.1, 0.15) is 29.6 Å². The van der Waals surface area contributed by atoms with E-state index in [4.69, 9.17) is 0 Å². The van der Waals surface area contributed by atoms with Crippen molar-refractivity contribution in [2.75, 3.05) is 5.75 Å². The normalized spacial score (nSPS) is 11.5. The minimum atomic E-state index is -4.09. The Morgan fingerprint density at radius 3 is 2.35 bits per heavy atom. The maximum atomic E-state index is 11.8. The Morgan fingerprint density at radius 2 is 1.76 bits per heavy atom. The van der Waals surface area contributed by atoms with Crippen LogP contribution in [0.2, 0.25) is 0 Å². The van der Waals surface area contributed by atoms with E-state index in [1.807, 2.05) is 6.07 Å². The van der Waals surface area contributed by atoms with Crippen LogP contribution in [0.4, 0.5) is 13.2 Å². The lowest BCUT2D eigenvalue weighted by molar-refractivity contribution is -0.135. The van der Waals surface area contributed by atoms with E-state index in [0.29, 0.717) is 17.7 Å². The Labute approximate surface area is 102 Å². The van der Waals surface area contributed by atoms with Crippen LogP contribution in [-0.4, -0.2) is 17.0 Å². The van der Waals surface area contributed by atoms with E-state index in [9.17, 15) is 18.0 Å². The molecule has 0 aliphatic carbocycles. The van der Waals surface area contributed by atoms with E-state index in [-0.39, 0.29) is 11.5 Å². The fourth-order valence-electron chi connectivity index (χ4n) is 1.25. The highest BCUT2D eigenvalue weighted by molar-refractivity contribution is 8.14. The summed E-state index contributed by atoms with van der Waals surface area (Å²) in [7, 11) is 0. The summed E-state index contributed by atoms with van der Waals surface area (Å²) < 4.78 is 35.5. The van der Waals surface area contributed by atoms with Crippen LogP contribution in [0.25, 0.3) is 0 Å². The molecule has 0 fully saturated rings. The number of alkyl halides is 3. The Morgan fingerprint density at radius 1 is 1.12 bits per heavy atom. The van der Waals surface area contributed by atoms with E-state index in [0.717, 1.165) is 11.8 Å². The lowest BCUT2D eigenvalue weighted by Crippen LogP contribution is -2.06. The van der Waals surface area contributed by atoms with Gasteiger partial charge in [0.25, 0.3) is 0 Å². The van der Waals surface area contributed by atoms with Gasteiger partial charge in [0.05, 0.1) is 0 Å². The summed E-state index contributed by atoms with van der Waals surface area (Å²) in [6.45, 7) is 0. The smallest absolute Gasteiger partial charge is 0.282 e. The maximum absolute atomic E-state index is 11.8. The molecule has 5 heteroatoms. The van der Waals surface area contributed by atoms with Gasteiger partial charge in [-0.05, 0) is 12.8 Å². The molecule has 1 nitrogen and oxygen atoms in total. The molecule has 0 N–H and O–H groups in total. The first-order valence-electron chi connectivity index (χ1n) is 5.28. The summed E-state index contributed by atoms with van der Waals surface area (Å²) in [6.07, 6.45) is -4.37. The third-order valence-electron chi connectivity index (χ3n) is 2.10. The van der Waals surface area contributed by atoms with Gasteiger partial charge in [0.15, 0.2) is 0 Å². The molecule has 1 aromatic rings. The predicted molar refractivity (Wildman–Crippen MR) is 63.1 cm³/mol. The van der Waals surface area contributed by atoms with Crippen LogP contribution in [0, 0.1) is 0 Å². The molecule has 17 heavy (non-hydrogen) atoms. The number of hydrogen-bond donors (Lipinski definition) is 0. The number of halogens is 3.